The van der Waals surface area contributed by atoms with E-state index in [1.807, 2.05) is 32.0 Å². The highest BCUT2D eigenvalue weighted by Crippen LogP contribution is 2.17. The first-order valence-corrected chi connectivity index (χ1v) is 9.42. The van der Waals surface area contributed by atoms with Gasteiger partial charge in [0.05, 0.1) is 18.0 Å². The summed E-state index contributed by atoms with van der Waals surface area (Å²) in [5, 5.41) is 7.53. The third kappa shape index (κ3) is 3.55. The molecule has 0 spiro atoms. The van der Waals surface area contributed by atoms with Gasteiger partial charge in [0.25, 0.3) is 5.56 Å². The van der Waals surface area contributed by atoms with Gasteiger partial charge >= 0.3 is 0 Å². The van der Waals surface area contributed by atoms with Gasteiger partial charge < -0.3 is 10.1 Å². The van der Waals surface area contributed by atoms with E-state index in [2.05, 4.69) is 15.4 Å². The molecule has 1 fully saturated rings. The van der Waals surface area contributed by atoms with Crippen molar-refractivity contribution in [1.29, 1.82) is 0 Å². The Balaban J connectivity index is 1.55. The standard InChI is InChI=1S/C20H23N5O3/c1-13-5-6-15(8-14(13)2)25-19-17(10-23-25)20(27)24(12-22-19)11-18(26)21-9-16-4-3-7-28-16/h5-6,8,10,12,16H,3-4,7,9,11H2,1-2H3,(H,21,26)/t16-/m0/s1. The summed E-state index contributed by atoms with van der Waals surface area (Å²) in [6.45, 7) is 5.20. The van der Waals surface area contributed by atoms with Gasteiger partial charge in [-0.05, 0) is 49.9 Å². The number of amides is 1. The number of carbonyl (C=O) groups is 1. The number of nitrogens with one attached hydrogen (secondary N) is 1. The Bertz CT molecular complexity index is 1080. The smallest absolute Gasteiger partial charge is 0.264 e. The fourth-order valence-electron chi connectivity index (χ4n) is 3.35. The lowest BCUT2D eigenvalue weighted by Gasteiger charge is -2.11. The first kappa shape index (κ1) is 18.4. The highest BCUT2D eigenvalue weighted by molar-refractivity contribution is 5.77. The topological polar surface area (TPSA) is 91.0 Å². The molecule has 1 amide bonds. The largest absolute Gasteiger partial charge is 0.376 e. The Morgan fingerprint density at radius 1 is 1.32 bits per heavy atom. The first-order valence-electron chi connectivity index (χ1n) is 9.42. The molecule has 28 heavy (non-hydrogen) atoms. The third-order valence-electron chi connectivity index (χ3n) is 5.15. The monoisotopic (exact) mass is 381 g/mol. The van der Waals surface area contributed by atoms with E-state index in [1.54, 1.807) is 4.68 Å². The van der Waals surface area contributed by atoms with E-state index in [0.29, 0.717) is 17.6 Å². The Labute approximate surface area is 162 Å². The minimum Gasteiger partial charge on any atom is -0.376 e. The number of aryl methyl sites for hydroxylation is 2. The van der Waals surface area contributed by atoms with Crippen LogP contribution >= 0.6 is 0 Å². The predicted molar refractivity (Wildman–Crippen MR) is 105 cm³/mol. The number of aromatic nitrogens is 4. The molecule has 0 radical (unpaired) electrons. The minimum absolute atomic E-state index is 0.0671. The molecule has 0 bridgehead atoms. The Morgan fingerprint density at radius 2 is 2.18 bits per heavy atom. The van der Waals surface area contributed by atoms with Crippen LogP contribution in [-0.4, -0.2) is 44.5 Å². The van der Waals surface area contributed by atoms with Gasteiger partial charge in [0, 0.05) is 13.2 Å². The molecular weight excluding hydrogens is 358 g/mol. The molecule has 8 heteroatoms. The summed E-state index contributed by atoms with van der Waals surface area (Å²) >= 11 is 0. The van der Waals surface area contributed by atoms with E-state index in [4.69, 9.17) is 4.74 Å². The van der Waals surface area contributed by atoms with Crippen LogP contribution in [0, 0.1) is 13.8 Å². The molecule has 0 saturated carbocycles. The molecule has 1 atom stereocenters. The number of hydrogen-bond acceptors (Lipinski definition) is 5. The summed E-state index contributed by atoms with van der Waals surface area (Å²) < 4.78 is 8.44. The maximum Gasteiger partial charge on any atom is 0.264 e. The van der Waals surface area contributed by atoms with Crippen LogP contribution in [0.2, 0.25) is 0 Å². The summed E-state index contributed by atoms with van der Waals surface area (Å²) in [7, 11) is 0. The van der Waals surface area contributed by atoms with Crippen LogP contribution in [-0.2, 0) is 16.1 Å². The van der Waals surface area contributed by atoms with Gasteiger partial charge in [-0.2, -0.15) is 5.10 Å². The molecule has 4 rings (SSSR count). The maximum atomic E-state index is 12.8. The SMILES string of the molecule is Cc1ccc(-n2ncc3c(=O)n(CC(=O)NC[C@@H]4CCCO4)cnc32)cc1C. The highest BCUT2D eigenvalue weighted by atomic mass is 16.5. The Kier molecular flexibility index (Phi) is 4.95. The van der Waals surface area contributed by atoms with Crippen LogP contribution in [0.5, 0.6) is 0 Å². The Hall–Kier alpha value is -3.00. The number of fused-ring (bicyclic) bond motifs is 1. The van der Waals surface area contributed by atoms with Crippen molar-refractivity contribution in [3.63, 3.8) is 0 Å². The first-order chi connectivity index (χ1) is 13.5. The lowest BCUT2D eigenvalue weighted by molar-refractivity contribution is -0.122. The van der Waals surface area contributed by atoms with Gasteiger partial charge in [0.2, 0.25) is 5.91 Å². The van der Waals surface area contributed by atoms with Crippen molar-refractivity contribution < 1.29 is 9.53 Å². The second kappa shape index (κ2) is 7.55. The van der Waals surface area contributed by atoms with Crippen molar-refractivity contribution in [3.05, 3.63) is 52.2 Å². The zero-order valence-electron chi connectivity index (χ0n) is 16.0. The van der Waals surface area contributed by atoms with Crippen molar-refractivity contribution in [2.75, 3.05) is 13.2 Å². The number of carbonyl (C=O) groups excluding carboxylic acids is 1. The van der Waals surface area contributed by atoms with Gasteiger partial charge in [-0.25, -0.2) is 9.67 Å². The number of ether oxygens (including phenoxy) is 1. The summed E-state index contributed by atoms with van der Waals surface area (Å²) in [6, 6.07) is 5.96. The molecule has 0 unspecified atom stereocenters. The van der Waals surface area contributed by atoms with Gasteiger partial charge in [-0.15, -0.1) is 0 Å². The normalized spacial score (nSPS) is 16.6. The number of benzene rings is 1. The van der Waals surface area contributed by atoms with Crippen LogP contribution in [0.1, 0.15) is 24.0 Å². The molecule has 8 nitrogen and oxygen atoms in total. The van der Waals surface area contributed by atoms with Crippen LogP contribution < -0.4 is 10.9 Å². The van der Waals surface area contributed by atoms with Gasteiger partial charge in [-0.3, -0.25) is 14.2 Å². The van der Waals surface area contributed by atoms with E-state index < -0.39 is 0 Å². The quantitative estimate of drug-likeness (QED) is 0.723. The maximum absolute atomic E-state index is 12.8. The molecule has 1 N–H and O–H groups in total. The van der Waals surface area contributed by atoms with Crippen molar-refractivity contribution in [1.82, 2.24) is 24.6 Å². The molecule has 146 valence electrons. The van der Waals surface area contributed by atoms with Crippen LogP contribution in [0.15, 0.2) is 35.5 Å². The number of hydrogen-bond donors (Lipinski definition) is 1. The van der Waals surface area contributed by atoms with Crippen LogP contribution in [0.3, 0.4) is 0 Å². The lowest BCUT2D eigenvalue weighted by Crippen LogP contribution is -2.36. The van der Waals surface area contributed by atoms with E-state index in [1.165, 1.54) is 22.7 Å². The average molecular weight is 381 g/mol. The number of rotatable bonds is 5. The second-order valence-electron chi connectivity index (χ2n) is 7.18. The van der Waals surface area contributed by atoms with E-state index in [0.717, 1.165) is 30.7 Å². The third-order valence-corrected chi connectivity index (χ3v) is 5.15. The molecule has 0 aliphatic carbocycles. The second-order valence-corrected chi connectivity index (χ2v) is 7.18. The van der Waals surface area contributed by atoms with Gasteiger partial charge in [-0.1, -0.05) is 6.07 Å². The Morgan fingerprint density at radius 3 is 2.93 bits per heavy atom. The molecule has 1 aliphatic heterocycles. The van der Waals surface area contributed by atoms with Crippen molar-refractivity contribution in [2.24, 2.45) is 0 Å². The fourth-order valence-corrected chi connectivity index (χ4v) is 3.35. The molecule has 1 aliphatic rings. The van der Waals surface area contributed by atoms with Crippen molar-refractivity contribution >= 4 is 16.9 Å². The summed E-state index contributed by atoms with van der Waals surface area (Å²) in [6.07, 6.45) is 4.93. The highest BCUT2D eigenvalue weighted by Gasteiger charge is 2.17. The molecule has 2 aromatic heterocycles. The summed E-state index contributed by atoms with van der Waals surface area (Å²) in [4.78, 5) is 29.3. The van der Waals surface area contributed by atoms with Crippen LogP contribution in [0.4, 0.5) is 0 Å². The number of nitrogens with zero attached hydrogens (tertiary/aromatic N) is 4. The zero-order chi connectivity index (χ0) is 19.7. The van der Waals surface area contributed by atoms with E-state index in [-0.39, 0.29) is 24.1 Å². The van der Waals surface area contributed by atoms with Gasteiger partial charge in [0.1, 0.15) is 18.3 Å². The molecule has 3 heterocycles. The molecule has 1 aromatic carbocycles. The van der Waals surface area contributed by atoms with Gasteiger partial charge in [0.15, 0.2) is 5.65 Å². The predicted octanol–water partition coefficient (Wildman–Crippen LogP) is 1.49. The zero-order valence-corrected chi connectivity index (χ0v) is 16.0. The molecule has 1 saturated heterocycles. The fraction of sp³-hybridized carbons (Fsp3) is 0.400. The molecule has 3 aromatic rings. The van der Waals surface area contributed by atoms with Crippen LogP contribution in [0.25, 0.3) is 16.7 Å². The summed E-state index contributed by atoms with van der Waals surface area (Å²) in [5.74, 6) is -0.236. The molecular formula is C20H23N5O3. The van der Waals surface area contributed by atoms with Crippen molar-refractivity contribution in [3.8, 4) is 5.69 Å². The van der Waals surface area contributed by atoms with Crippen molar-refractivity contribution in [2.45, 2.75) is 39.3 Å². The minimum atomic E-state index is -0.285. The average Bonchev–Trinajstić information content (AvgIpc) is 3.34. The van der Waals surface area contributed by atoms with E-state index in [9.17, 15) is 9.59 Å². The summed E-state index contributed by atoms with van der Waals surface area (Å²) in [5.41, 5.74) is 3.36. The van der Waals surface area contributed by atoms with E-state index >= 15 is 0 Å². The lowest BCUT2D eigenvalue weighted by atomic mass is 10.1.